The molecule has 124 valence electrons. The average Bonchev–Trinajstić information content (AvgIpc) is 2.76. The minimum Gasteiger partial charge on any atom is -0.355 e. The minimum atomic E-state index is -3.64. The van der Waals surface area contributed by atoms with E-state index >= 15 is 0 Å². The summed E-state index contributed by atoms with van der Waals surface area (Å²) in [5, 5.41) is 5.01. The van der Waals surface area contributed by atoms with E-state index in [-0.39, 0.29) is 23.2 Å². The molecule has 1 aliphatic heterocycles. The first-order chi connectivity index (χ1) is 10.8. The molecular formula is C14H18N4O4S. The number of likely N-dealkylation sites (N-methyl/N-ethyl adjacent to an activating group) is 1. The van der Waals surface area contributed by atoms with Crippen LogP contribution in [0, 0.1) is 0 Å². The van der Waals surface area contributed by atoms with E-state index in [2.05, 4.69) is 20.3 Å². The quantitative estimate of drug-likeness (QED) is 0.662. The van der Waals surface area contributed by atoms with Crippen LogP contribution in [0.1, 0.15) is 19.4 Å². The second-order valence-corrected chi connectivity index (χ2v) is 6.58. The van der Waals surface area contributed by atoms with Gasteiger partial charge < -0.3 is 10.6 Å². The molecule has 3 N–H and O–H groups in total. The van der Waals surface area contributed by atoms with Gasteiger partial charge in [-0.2, -0.15) is 0 Å². The lowest BCUT2D eigenvalue weighted by Crippen LogP contribution is -2.40. The molecule has 0 radical (unpaired) electrons. The van der Waals surface area contributed by atoms with E-state index in [0.717, 1.165) is 0 Å². The van der Waals surface area contributed by atoms with E-state index in [1.54, 1.807) is 25.1 Å². The van der Waals surface area contributed by atoms with Gasteiger partial charge in [-0.3, -0.25) is 19.3 Å². The molecule has 0 aliphatic carbocycles. The highest BCUT2D eigenvalue weighted by atomic mass is 32.2. The van der Waals surface area contributed by atoms with E-state index < -0.39 is 22.0 Å². The molecule has 0 unspecified atom stereocenters. The zero-order valence-corrected chi connectivity index (χ0v) is 13.6. The van der Waals surface area contributed by atoms with Gasteiger partial charge in [-0.1, -0.05) is 12.1 Å². The number of hydrogen-bond donors (Lipinski definition) is 3. The van der Waals surface area contributed by atoms with Crippen molar-refractivity contribution < 1.29 is 18.0 Å². The Morgan fingerprint density at radius 3 is 2.65 bits per heavy atom. The summed E-state index contributed by atoms with van der Waals surface area (Å²) in [5.41, 5.74) is 0.427. The molecule has 2 rings (SSSR count). The van der Waals surface area contributed by atoms with Crippen LogP contribution in [0.5, 0.6) is 0 Å². The Kier molecular flexibility index (Phi) is 4.99. The molecule has 0 saturated heterocycles. The molecule has 2 amide bonds. The van der Waals surface area contributed by atoms with E-state index in [0.29, 0.717) is 12.1 Å². The molecule has 0 aromatic heterocycles. The number of aliphatic imine (C=N–C) groups is 1. The first-order valence-corrected chi connectivity index (χ1v) is 8.58. The summed E-state index contributed by atoms with van der Waals surface area (Å²) in [7, 11) is -3.64. The molecule has 0 spiro atoms. The molecule has 23 heavy (non-hydrogen) atoms. The molecule has 8 nitrogen and oxygen atoms in total. The number of fused-ring (bicyclic) bond motifs is 1. The van der Waals surface area contributed by atoms with Crippen molar-refractivity contribution in [2.24, 2.45) is 4.99 Å². The summed E-state index contributed by atoms with van der Waals surface area (Å²) in [6.45, 7) is 3.63. The fourth-order valence-corrected chi connectivity index (χ4v) is 3.30. The third kappa shape index (κ3) is 3.86. The van der Waals surface area contributed by atoms with Gasteiger partial charge in [0.15, 0.2) is 0 Å². The van der Waals surface area contributed by atoms with E-state index in [4.69, 9.17) is 0 Å². The van der Waals surface area contributed by atoms with E-state index in [9.17, 15) is 18.0 Å². The third-order valence-corrected chi connectivity index (χ3v) is 4.56. The Bertz CT molecular complexity index is 758. The standard InChI is InChI=1S/C14H18N4O4S/c1-3-15-12(19)8-16-14(20)9(2)17-13-10-6-4-5-7-11(10)23(21,22)18-13/h4-7,9H,3,8H2,1-2H3,(H,15,19)(H,16,20)(H,17,18)/t9-/m0/s1. The highest BCUT2D eigenvalue weighted by Crippen LogP contribution is 2.22. The van der Waals surface area contributed by atoms with Crippen LogP contribution >= 0.6 is 0 Å². The fraction of sp³-hybridized carbons (Fsp3) is 0.357. The minimum absolute atomic E-state index is 0.126. The van der Waals surface area contributed by atoms with Crippen LogP contribution in [-0.2, 0) is 19.6 Å². The topological polar surface area (TPSA) is 117 Å². The van der Waals surface area contributed by atoms with Crippen LogP contribution in [-0.4, -0.2) is 45.2 Å². The van der Waals surface area contributed by atoms with Crippen molar-refractivity contribution in [2.45, 2.75) is 24.8 Å². The number of sulfonamides is 1. The molecule has 0 bridgehead atoms. The maximum atomic E-state index is 12.0. The SMILES string of the molecule is CCNC(=O)CNC(=O)[C@H](C)N=C1NS(=O)(=O)c2ccccc21. The molecule has 1 heterocycles. The number of carbonyl (C=O) groups is 2. The highest BCUT2D eigenvalue weighted by Gasteiger charge is 2.31. The van der Waals surface area contributed by atoms with Crippen LogP contribution in [0.15, 0.2) is 34.2 Å². The summed E-state index contributed by atoms with van der Waals surface area (Å²) in [6, 6.07) is 5.55. The predicted molar refractivity (Wildman–Crippen MR) is 84.5 cm³/mol. The predicted octanol–water partition coefficient (Wildman–Crippen LogP) is -0.634. The van der Waals surface area contributed by atoms with Gasteiger partial charge in [0, 0.05) is 12.1 Å². The molecule has 9 heteroatoms. The van der Waals surface area contributed by atoms with Gasteiger partial charge in [0.25, 0.3) is 10.0 Å². The number of amides is 2. The molecule has 1 aromatic carbocycles. The van der Waals surface area contributed by atoms with Gasteiger partial charge in [-0.15, -0.1) is 0 Å². The summed E-state index contributed by atoms with van der Waals surface area (Å²) >= 11 is 0. The van der Waals surface area contributed by atoms with Crippen LogP contribution in [0.4, 0.5) is 0 Å². The summed E-state index contributed by atoms with van der Waals surface area (Å²) in [5.74, 6) is -0.638. The summed E-state index contributed by atoms with van der Waals surface area (Å²) < 4.78 is 26.2. The lowest BCUT2D eigenvalue weighted by Gasteiger charge is -2.09. The number of hydrogen-bond acceptors (Lipinski definition) is 5. The van der Waals surface area contributed by atoms with Gasteiger partial charge in [0.1, 0.15) is 11.9 Å². The Morgan fingerprint density at radius 1 is 1.26 bits per heavy atom. The zero-order valence-electron chi connectivity index (χ0n) is 12.8. The molecule has 1 aliphatic rings. The van der Waals surface area contributed by atoms with Crippen molar-refractivity contribution >= 4 is 27.7 Å². The maximum Gasteiger partial charge on any atom is 0.263 e. The van der Waals surface area contributed by atoms with Crippen LogP contribution in [0.2, 0.25) is 0 Å². The summed E-state index contributed by atoms with van der Waals surface area (Å²) in [6.07, 6.45) is 0. The second-order valence-electron chi connectivity index (χ2n) is 4.93. The van der Waals surface area contributed by atoms with Gasteiger partial charge >= 0.3 is 0 Å². The van der Waals surface area contributed by atoms with Crippen molar-refractivity contribution in [1.29, 1.82) is 0 Å². The van der Waals surface area contributed by atoms with Crippen molar-refractivity contribution in [1.82, 2.24) is 15.4 Å². The zero-order chi connectivity index (χ0) is 17.0. The Hall–Kier alpha value is -2.42. The average molecular weight is 338 g/mol. The molecule has 1 aromatic rings. The second kappa shape index (κ2) is 6.78. The van der Waals surface area contributed by atoms with Crippen molar-refractivity contribution in [3.8, 4) is 0 Å². The lowest BCUT2D eigenvalue weighted by molar-refractivity contribution is -0.126. The van der Waals surface area contributed by atoms with Gasteiger partial charge in [0.2, 0.25) is 11.8 Å². The molecule has 0 saturated carbocycles. The molecule has 0 fully saturated rings. The van der Waals surface area contributed by atoms with Crippen molar-refractivity contribution in [3.63, 3.8) is 0 Å². The molecular weight excluding hydrogens is 320 g/mol. The van der Waals surface area contributed by atoms with Crippen LogP contribution in [0.3, 0.4) is 0 Å². The normalized spacial score (nSPS) is 17.9. The van der Waals surface area contributed by atoms with Crippen molar-refractivity contribution in [3.05, 3.63) is 29.8 Å². The number of benzene rings is 1. The third-order valence-electron chi connectivity index (χ3n) is 3.16. The fourth-order valence-electron chi connectivity index (χ4n) is 2.06. The van der Waals surface area contributed by atoms with E-state index in [1.165, 1.54) is 13.0 Å². The monoisotopic (exact) mass is 338 g/mol. The Balaban J connectivity index is 2.10. The van der Waals surface area contributed by atoms with Crippen LogP contribution < -0.4 is 15.4 Å². The summed E-state index contributed by atoms with van der Waals surface area (Å²) in [4.78, 5) is 27.5. The first kappa shape index (κ1) is 16.9. The van der Waals surface area contributed by atoms with Crippen molar-refractivity contribution in [2.75, 3.05) is 13.1 Å². The first-order valence-electron chi connectivity index (χ1n) is 7.09. The van der Waals surface area contributed by atoms with Gasteiger partial charge in [-0.25, -0.2) is 8.42 Å². The number of nitrogens with one attached hydrogen (secondary N) is 3. The van der Waals surface area contributed by atoms with Gasteiger partial charge in [-0.05, 0) is 26.0 Å². The van der Waals surface area contributed by atoms with Crippen LogP contribution in [0.25, 0.3) is 0 Å². The highest BCUT2D eigenvalue weighted by molar-refractivity contribution is 7.90. The molecule has 1 atom stereocenters. The Morgan fingerprint density at radius 2 is 1.96 bits per heavy atom. The number of nitrogens with zero attached hydrogens (tertiary/aromatic N) is 1. The smallest absolute Gasteiger partial charge is 0.263 e. The number of amidine groups is 1. The van der Waals surface area contributed by atoms with E-state index in [1.807, 2.05) is 0 Å². The van der Waals surface area contributed by atoms with Gasteiger partial charge in [0.05, 0.1) is 11.4 Å². The lowest BCUT2D eigenvalue weighted by atomic mass is 10.2. The largest absolute Gasteiger partial charge is 0.355 e. The number of carbonyl (C=O) groups excluding carboxylic acids is 2. The number of rotatable bonds is 5. The Labute approximate surface area is 134 Å². The maximum absolute atomic E-state index is 12.0.